The minimum absolute atomic E-state index is 0.315. The Kier molecular flexibility index (Phi) is 7.22. The Morgan fingerprint density at radius 1 is 0.946 bits per heavy atom. The Bertz CT molecular complexity index is 1220. The first kappa shape index (κ1) is 25.3. The molecule has 2 amide bonds. The molecule has 2 heterocycles. The lowest BCUT2D eigenvalue weighted by Crippen LogP contribution is -2.52. The van der Waals surface area contributed by atoms with Crippen molar-refractivity contribution in [3.63, 3.8) is 0 Å². The Hall–Kier alpha value is -3.35. The minimum Gasteiger partial charge on any atom is -0.481 e. The molecule has 1 unspecified atom stereocenters. The third-order valence-corrected chi connectivity index (χ3v) is 8.21. The molecule has 0 radical (unpaired) electrons. The summed E-state index contributed by atoms with van der Waals surface area (Å²) >= 11 is 0. The molecule has 0 bridgehead atoms. The van der Waals surface area contributed by atoms with Crippen molar-refractivity contribution in [1.82, 2.24) is 9.38 Å². The SMILES string of the molecule is CCc1ccc(C[N+]2(c3ccc(COC)cc3)CCC3(CCN(C(N)=O)CC3)Oc3ccccc32)cc1. The third-order valence-electron chi connectivity index (χ3n) is 8.21. The van der Waals surface area contributed by atoms with Gasteiger partial charge in [-0.05, 0) is 35.7 Å². The maximum atomic E-state index is 11.8. The van der Waals surface area contributed by atoms with Gasteiger partial charge in [-0.25, -0.2) is 4.79 Å². The molecular formula is C31H38N3O3+. The first-order valence-corrected chi connectivity index (χ1v) is 13.3. The van der Waals surface area contributed by atoms with Gasteiger partial charge in [0.15, 0.2) is 11.4 Å². The number of primary amides is 1. The molecule has 1 fully saturated rings. The van der Waals surface area contributed by atoms with Crippen molar-refractivity contribution in [3.05, 3.63) is 89.5 Å². The van der Waals surface area contributed by atoms with Crippen LogP contribution in [0, 0.1) is 0 Å². The Labute approximate surface area is 220 Å². The molecule has 37 heavy (non-hydrogen) atoms. The molecule has 5 rings (SSSR count). The fourth-order valence-electron chi connectivity index (χ4n) is 5.94. The summed E-state index contributed by atoms with van der Waals surface area (Å²) in [7, 11) is 1.73. The highest BCUT2D eigenvalue weighted by molar-refractivity contribution is 5.72. The molecule has 1 spiro atoms. The Morgan fingerprint density at radius 2 is 1.59 bits per heavy atom. The largest absolute Gasteiger partial charge is 0.481 e. The number of carbonyl (C=O) groups is 1. The third kappa shape index (κ3) is 5.09. The van der Waals surface area contributed by atoms with E-state index < -0.39 is 0 Å². The minimum atomic E-state index is -0.347. The predicted molar refractivity (Wildman–Crippen MR) is 148 cm³/mol. The second-order valence-electron chi connectivity index (χ2n) is 10.4. The van der Waals surface area contributed by atoms with E-state index in [1.807, 2.05) is 0 Å². The summed E-state index contributed by atoms with van der Waals surface area (Å²) < 4.78 is 13.0. The van der Waals surface area contributed by atoms with E-state index >= 15 is 0 Å². The zero-order chi connectivity index (χ0) is 25.9. The fraction of sp³-hybridized carbons (Fsp3) is 0.387. The van der Waals surface area contributed by atoms with Crippen molar-refractivity contribution >= 4 is 17.4 Å². The monoisotopic (exact) mass is 500 g/mol. The normalized spacial score (nSPS) is 20.6. The van der Waals surface area contributed by atoms with E-state index in [9.17, 15) is 4.79 Å². The van der Waals surface area contributed by atoms with Gasteiger partial charge in [0.25, 0.3) is 0 Å². The summed E-state index contributed by atoms with van der Waals surface area (Å²) in [6.45, 7) is 5.77. The molecule has 0 saturated carbocycles. The van der Waals surface area contributed by atoms with E-state index in [2.05, 4.69) is 79.7 Å². The topological polar surface area (TPSA) is 64.8 Å². The number of carbonyl (C=O) groups excluding carboxylic acids is 1. The van der Waals surface area contributed by atoms with Gasteiger partial charge in [-0.1, -0.05) is 55.5 Å². The number of para-hydroxylation sites is 2. The molecular weight excluding hydrogens is 462 g/mol. The van der Waals surface area contributed by atoms with Gasteiger partial charge in [0.2, 0.25) is 0 Å². The number of likely N-dealkylation sites (tertiary alicyclic amines) is 1. The number of benzene rings is 3. The fourth-order valence-corrected chi connectivity index (χ4v) is 5.94. The van der Waals surface area contributed by atoms with Crippen LogP contribution in [-0.4, -0.2) is 43.3 Å². The van der Waals surface area contributed by atoms with Gasteiger partial charge >= 0.3 is 6.03 Å². The second kappa shape index (κ2) is 10.6. The number of piperidine rings is 1. The maximum absolute atomic E-state index is 11.8. The van der Waals surface area contributed by atoms with Crippen LogP contribution in [0.2, 0.25) is 0 Å². The zero-order valence-corrected chi connectivity index (χ0v) is 22.0. The summed E-state index contributed by atoms with van der Waals surface area (Å²) in [4.78, 5) is 13.5. The maximum Gasteiger partial charge on any atom is 0.314 e. The number of aryl methyl sites for hydroxylation is 1. The van der Waals surface area contributed by atoms with Crippen LogP contribution in [0.5, 0.6) is 5.75 Å². The van der Waals surface area contributed by atoms with Crippen LogP contribution >= 0.6 is 0 Å². The summed E-state index contributed by atoms with van der Waals surface area (Å²) in [5.74, 6) is 0.929. The van der Waals surface area contributed by atoms with Crippen LogP contribution < -0.4 is 15.0 Å². The number of rotatable bonds is 6. The van der Waals surface area contributed by atoms with Gasteiger partial charge in [0.05, 0.1) is 13.2 Å². The van der Waals surface area contributed by atoms with Crippen molar-refractivity contribution in [2.24, 2.45) is 5.73 Å². The van der Waals surface area contributed by atoms with E-state index in [1.165, 1.54) is 22.5 Å². The van der Waals surface area contributed by atoms with E-state index in [0.717, 1.165) is 50.1 Å². The van der Waals surface area contributed by atoms with Gasteiger partial charge in [-0.3, -0.25) is 4.48 Å². The van der Waals surface area contributed by atoms with Crippen molar-refractivity contribution in [3.8, 4) is 5.75 Å². The number of methoxy groups -OCH3 is 1. The molecule has 1 atom stereocenters. The van der Waals surface area contributed by atoms with Crippen molar-refractivity contribution < 1.29 is 14.3 Å². The Balaban J connectivity index is 1.58. The molecule has 3 aromatic carbocycles. The number of fused-ring (bicyclic) bond motifs is 1. The molecule has 0 aliphatic carbocycles. The van der Waals surface area contributed by atoms with Crippen molar-refractivity contribution in [2.75, 3.05) is 26.7 Å². The number of urea groups is 1. The van der Waals surface area contributed by atoms with Crippen LogP contribution in [0.15, 0.2) is 72.8 Å². The average Bonchev–Trinajstić information content (AvgIpc) is 3.05. The summed E-state index contributed by atoms with van der Waals surface area (Å²) in [5.41, 5.74) is 11.5. The zero-order valence-electron chi connectivity index (χ0n) is 22.0. The van der Waals surface area contributed by atoms with Gasteiger partial charge in [-0.2, -0.15) is 0 Å². The summed E-state index contributed by atoms with van der Waals surface area (Å²) in [5, 5.41) is 0. The van der Waals surface area contributed by atoms with E-state index in [4.69, 9.17) is 15.2 Å². The molecule has 6 heteroatoms. The van der Waals surface area contributed by atoms with Crippen LogP contribution in [0.3, 0.4) is 0 Å². The highest BCUT2D eigenvalue weighted by Crippen LogP contribution is 2.49. The van der Waals surface area contributed by atoms with Crippen LogP contribution in [0.4, 0.5) is 16.2 Å². The molecule has 3 aromatic rings. The van der Waals surface area contributed by atoms with Crippen molar-refractivity contribution in [2.45, 2.75) is 51.4 Å². The van der Waals surface area contributed by atoms with Crippen molar-refractivity contribution in [1.29, 1.82) is 0 Å². The van der Waals surface area contributed by atoms with E-state index in [1.54, 1.807) is 12.0 Å². The lowest BCUT2D eigenvalue weighted by atomic mass is 9.87. The lowest BCUT2D eigenvalue weighted by molar-refractivity contribution is 0.00829. The molecule has 6 nitrogen and oxygen atoms in total. The summed E-state index contributed by atoms with van der Waals surface area (Å²) in [6.07, 6.45) is 3.48. The lowest BCUT2D eigenvalue weighted by Gasteiger charge is -2.40. The predicted octanol–water partition coefficient (Wildman–Crippen LogP) is 5.93. The van der Waals surface area contributed by atoms with Crippen LogP contribution in [-0.2, 0) is 24.3 Å². The smallest absolute Gasteiger partial charge is 0.314 e. The molecule has 0 aromatic heterocycles. The Morgan fingerprint density at radius 3 is 2.24 bits per heavy atom. The van der Waals surface area contributed by atoms with Gasteiger partial charge in [-0.15, -0.1) is 0 Å². The molecule has 194 valence electrons. The number of hydrogen-bond acceptors (Lipinski definition) is 3. The van der Waals surface area contributed by atoms with Crippen LogP contribution in [0.25, 0.3) is 0 Å². The molecule has 2 aliphatic rings. The number of hydrogen-bond donors (Lipinski definition) is 1. The van der Waals surface area contributed by atoms with Gasteiger partial charge < -0.3 is 20.1 Å². The highest BCUT2D eigenvalue weighted by atomic mass is 16.5. The summed E-state index contributed by atoms with van der Waals surface area (Å²) in [6, 6.07) is 26.0. The number of quaternary nitrogens is 1. The number of nitrogens with two attached hydrogens (primary N) is 1. The first-order valence-electron chi connectivity index (χ1n) is 13.3. The quantitative estimate of drug-likeness (QED) is 0.427. The number of ether oxygens (including phenoxy) is 2. The molecule has 2 aliphatic heterocycles. The first-order chi connectivity index (χ1) is 18.0. The highest BCUT2D eigenvalue weighted by Gasteiger charge is 2.47. The molecule has 1 saturated heterocycles. The van der Waals surface area contributed by atoms with E-state index in [-0.39, 0.29) is 11.6 Å². The van der Waals surface area contributed by atoms with Gasteiger partial charge in [0, 0.05) is 51.1 Å². The molecule has 2 N–H and O–H groups in total. The average molecular weight is 501 g/mol. The standard InChI is InChI=1S/C31H37N3O3/c1-3-24-8-10-25(11-9-24)22-34(27-14-12-26(13-15-27)23-36-2)21-18-31(16-19-33(20-17-31)30(32)35)37-29-7-5-4-6-28(29)34/h4-15H,3,16-23H2,1-2H3,(H-,32,35)/p+1. The van der Waals surface area contributed by atoms with Crippen LogP contribution in [0.1, 0.15) is 42.9 Å². The number of nitrogens with zero attached hydrogens (tertiary/aromatic N) is 2. The van der Waals surface area contributed by atoms with Gasteiger partial charge in [0.1, 0.15) is 17.8 Å². The number of amides is 2. The van der Waals surface area contributed by atoms with E-state index in [0.29, 0.717) is 24.2 Å². The second-order valence-corrected chi connectivity index (χ2v) is 10.4.